The molecule has 102 valence electrons. The van der Waals surface area contributed by atoms with Crippen molar-refractivity contribution >= 4 is 11.8 Å². The molecule has 0 aliphatic heterocycles. The monoisotopic (exact) mass is 270 g/mol. The van der Waals surface area contributed by atoms with E-state index < -0.39 is 5.60 Å². The molecule has 1 saturated carbocycles. The first-order valence-electron chi connectivity index (χ1n) is 6.73. The van der Waals surface area contributed by atoms with Gasteiger partial charge in [-0.2, -0.15) is 0 Å². The van der Waals surface area contributed by atoms with Gasteiger partial charge < -0.3 is 9.52 Å². The molecule has 0 spiro atoms. The lowest BCUT2D eigenvalue weighted by Gasteiger charge is -2.17. The summed E-state index contributed by atoms with van der Waals surface area (Å²) in [6.45, 7) is 3.63. The van der Waals surface area contributed by atoms with E-state index in [2.05, 4.69) is 10.2 Å². The molecule has 4 nitrogen and oxygen atoms in total. The van der Waals surface area contributed by atoms with Crippen LogP contribution in [-0.4, -0.2) is 26.7 Å². The van der Waals surface area contributed by atoms with E-state index in [1.807, 2.05) is 13.8 Å². The quantitative estimate of drug-likeness (QED) is 0.831. The van der Waals surface area contributed by atoms with Crippen LogP contribution in [0.2, 0.25) is 0 Å². The van der Waals surface area contributed by atoms with Gasteiger partial charge >= 0.3 is 0 Å². The summed E-state index contributed by atoms with van der Waals surface area (Å²) in [4.78, 5) is 0. The Balaban J connectivity index is 1.82. The maximum absolute atomic E-state index is 9.62. The van der Waals surface area contributed by atoms with Gasteiger partial charge in [0.15, 0.2) is 0 Å². The molecule has 0 atom stereocenters. The lowest BCUT2D eigenvalue weighted by molar-refractivity contribution is 0.0777. The Kier molecular flexibility index (Phi) is 4.67. The molecule has 2 rings (SSSR count). The van der Waals surface area contributed by atoms with E-state index >= 15 is 0 Å². The van der Waals surface area contributed by atoms with Crippen molar-refractivity contribution in [1.29, 1.82) is 0 Å². The summed E-state index contributed by atoms with van der Waals surface area (Å²) in [5, 5.41) is 18.5. The second kappa shape index (κ2) is 6.06. The summed E-state index contributed by atoms with van der Waals surface area (Å²) in [5.41, 5.74) is -0.626. The van der Waals surface area contributed by atoms with Gasteiger partial charge in [0.1, 0.15) is 0 Å². The second-order valence-corrected chi connectivity index (χ2v) is 6.70. The zero-order valence-electron chi connectivity index (χ0n) is 11.2. The van der Waals surface area contributed by atoms with Gasteiger partial charge in [0.25, 0.3) is 5.22 Å². The van der Waals surface area contributed by atoms with Crippen LogP contribution in [0.4, 0.5) is 0 Å². The topological polar surface area (TPSA) is 59.2 Å². The highest BCUT2D eigenvalue weighted by atomic mass is 32.2. The van der Waals surface area contributed by atoms with E-state index in [4.69, 9.17) is 4.42 Å². The van der Waals surface area contributed by atoms with Crippen molar-refractivity contribution in [3.05, 3.63) is 5.89 Å². The molecule has 0 unspecified atom stereocenters. The largest absolute Gasteiger partial charge is 0.416 e. The zero-order valence-corrected chi connectivity index (χ0v) is 12.0. The van der Waals surface area contributed by atoms with Crippen molar-refractivity contribution in [1.82, 2.24) is 10.2 Å². The molecule has 18 heavy (non-hydrogen) atoms. The van der Waals surface area contributed by atoms with Crippen molar-refractivity contribution in [3.8, 4) is 0 Å². The zero-order chi connectivity index (χ0) is 13.0. The number of hydrogen-bond donors (Lipinski definition) is 1. The van der Waals surface area contributed by atoms with Crippen LogP contribution in [-0.2, 0) is 0 Å². The second-order valence-electron chi connectivity index (χ2n) is 5.65. The minimum Gasteiger partial charge on any atom is -0.416 e. The highest BCUT2D eigenvalue weighted by Gasteiger charge is 2.21. The molecule has 1 fully saturated rings. The van der Waals surface area contributed by atoms with Crippen LogP contribution in [0.5, 0.6) is 0 Å². The highest BCUT2D eigenvalue weighted by Crippen LogP contribution is 2.33. The lowest BCUT2D eigenvalue weighted by atomic mass is 9.89. The summed E-state index contributed by atoms with van der Waals surface area (Å²) in [6.07, 6.45) is 6.95. The van der Waals surface area contributed by atoms with Gasteiger partial charge in [-0.1, -0.05) is 31.0 Å². The van der Waals surface area contributed by atoms with Gasteiger partial charge in [-0.05, 0) is 33.1 Å². The van der Waals surface area contributed by atoms with E-state index in [1.165, 1.54) is 43.9 Å². The Morgan fingerprint density at radius 3 is 2.67 bits per heavy atom. The number of aromatic nitrogens is 2. The molecular formula is C13H22N2O2S. The molecular weight excluding hydrogens is 248 g/mol. The number of rotatable bonds is 5. The Morgan fingerprint density at radius 2 is 2.00 bits per heavy atom. The maximum atomic E-state index is 9.62. The van der Waals surface area contributed by atoms with Gasteiger partial charge in [0, 0.05) is 11.7 Å². The number of thioether (sulfide) groups is 1. The standard InChI is InChI=1S/C13H22N2O2S/c1-13(2,16)8-9-18-12-15-14-11(17-12)10-6-4-3-5-7-10/h10,16H,3-9H2,1-2H3. The fourth-order valence-corrected chi connectivity index (χ4v) is 3.20. The van der Waals surface area contributed by atoms with E-state index in [-0.39, 0.29) is 0 Å². The van der Waals surface area contributed by atoms with Crippen LogP contribution in [0.3, 0.4) is 0 Å². The van der Waals surface area contributed by atoms with E-state index in [0.29, 0.717) is 11.1 Å². The molecule has 1 heterocycles. The van der Waals surface area contributed by atoms with Crippen LogP contribution in [0, 0.1) is 0 Å². The first kappa shape index (κ1) is 13.9. The Labute approximate surface area is 113 Å². The van der Waals surface area contributed by atoms with Crippen LogP contribution in [0.15, 0.2) is 9.64 Å². The molecule has 1 aromatic heterocycles. The van der Waals surface area contributed by atoms with Gasteiger partial charge in [-0.15, -0.1) is 10.2 Å². The summed E-state index contributed by atoms with van der Waals surface area (Å²) < 4.78 is 5.70. The van der Waals surface area contributed by atoms with Crippen molar-refractivity contribution in [2.75, 3.05) is 5.75 Å². The molecule has 0 amide bonds. The maximum Gasteiger partial charge on any atom is 0.276 e. The Hall–Kier alpha value is -0.550. The van der Waals surface area contributed by atoms with E-state index in [1.54, 1.807) is 0 Å². The van der Waals surface area contributed by atoms with Crippen molar-refractivity contribution in [2.45, 2.75) is 69.1 Å². The van der Waals surface area contributed by atoms with Crippen molar-refractivity contribution in [3.63, 3.8) is 0 Å². The molecule has 1 aromatic rings. The van der Waals surface area contributed by atoms with Crippen LogP contribution >= 0.6 is 11.8 Å². The molecule has 5 heteroatoms. The van der Waals surface area contributed by atoms with E-state index in [9.17, 15) is 5.11 Å². The molecule has 1 aliphatic rings. The molecule has 1 aliphatic carbocycles. The van der Waals surface area contributed by atoms with Gasteiger partial charge in [0.05, 0.1) is 5.60 Å². The number of nitrogens with zero attached hydrogens (tertiary/aromatic N) is 2. The minimum absolute atomic E-state index is 0.467. The first-order chi connectivity index (χ1) is 8.54. The first-order valence-corrected chi connectivity index (χ1v) is 7.72. The summed E-state index contributed by atoms with van der Waals surface area (Å²) in [6, 6.07) is 0. The Bertz CT molecular complexity index is 367. The molecule has 0 saturated heterocycles. The third kappa shape index (κ3) is 4.28. The van der Waals surface area contributed by atoms with Gasteiger partial charge in [-0.25, -0.2) is 0 Å². The average molecular weight is 270 g/mol. The number of hydrogen-bond acceptors (Lipinski definition) is 5. The average Bonchev–Trinajstić information content (AvgIpc) is 2.77. The predicted molar refractivity (Wildman–Crippen MR) is 71.8 cm³/mol. The predicted octanol–water partition coefficient (Wildman–Crippen LogP) is 3.37. The minimum atomic E-state index is -0.626. The van der Waals surface area contributed by atoms with Crippen molar-refractivity contribution in [2.24, 2.45) is 0 Å². The fourth-order valence-electron chi connectivity index (χ4n) is 2.18. The number of aliphatic hydroxyl groups is 1. The summed E-state index contributed by atoms with van der Waals surface area (Å²) >= 11 is 1.53. The smallest absolute Gasteiger partial charge is 0.276 e. The van der Waals surface area contributed by atoms with E-state index in [0.717, 1.165) is 18.1 Å². The summed E-state index contributed by atoms with van der Waals surface area (Å²) in [5.74, 6) is 2.07. The van der Waals surface area contributed by atoms with Gasteiger partial charge in [0.2, 0.25) is 5.89 Å². The van der Waals surface area contributed by atoms with Crippen LogP contribution < -0.4 is 0 Å². The van der Waals surface area contributed by atoms with Crippen molar-refractivity contribution < 1.29 is 9.52 Å². The third-order valence-corrected chi connectivity index (χ3v) is 4.14. The molecule has 0 bridgehead atoms. The molecule has 0 aromatic carbocycles. The fraction of sp³-hybridized carbons (Fsp3) is 0.846. The third-order valence-electron chi connectivity index (χ3n) is 3.32. The molecule has 1 N–H and O–H groups in total. The summed E-state index contributed by atoms with van der Waals surface area (Å²) in [7, 11) is 0. The lowest BCUT2D eigenvalue weighted by Crippen LogP contribution is -2.18. The molecule has 0 radical (unpaired) electrons. The van der Waals surface area contributed by atoms with Gasteiger partial charge in [-0.3, -0.25) is 0 Å². The SMILES string of the molecule is CC(C)(O)CCSc1nnc(C2CCCCC2)o1. The normalized spacial score (nSPS) is 18.2. The van der Waals surface area contributed by atoms with Crippen LogP contribution in [0.25, 0.3) is 0 Å². The highest BCUT2D eigenvalue weighted by molar-refractivity contribution is 7.99. The Morgan fingerprint density at radius 1 is 1.28 bits per heavy atom. The van der Waals surface area contributed by atoms with Crippen LogP contribution in [0.1, 0.15) is 64.2 Å².